The maximum absolute atomic E-state index is 13.2. The Morgan fingerprint density at radius 2 is 1.86 bits per heavy atom. The second-order valence-electron chi connectivity index (χ2n) is 2.66. The van der Waals surface area contributed by atoms with E-state index in [-0.39, 0.29) is 11.6 Å². The third-order valence-electron chi connectivity index (χ3n) is 1.70. The molecule has 5 heteroatoms. The minimum absolute atomic E-state index is 0.157. The summed E-state index contributed by atoms with van der Waals surface area (Å²) in [6.07, 6.45) is 4.39. The Morgan fingerprint density at radius 1 is 1.14 bits per heavy atom. The Balaban J connectivity index is 2.50. The van der Waals surface area contributed by atoms with Gasteiger partial charge in [-0.15, -0.1) is 0 Å². The molecule has 0 aliphatic heterocycles. The molecule has 0 spiro atoms. The van der Waals surface area contributed by atoms with Crippen molar-refractivity contribution < 1.29 is 4.39 Å². The van der Waals surface area contributed by atoms with Crippen molar-refractivity contribution in [3.05, 3.63) is 36.5 Å². The topological polar surface area (TPSA) is 64.7 Å². The number of anilines is 1. The van der Waals surface area contributed by atoms with Crippen molar-refractivity contribution in [2.45, 2.75) is 0 Å². The summed E-state index contributed by atoms with van der Waals surface area (Å²) in [6, 6.07) is 2.86. The summed E-state index contributed by atoms with van der Waals surface area (Å²) in [6.45, 7) is 0. The van der Waals surface area contributed by atoms with Gasteiger partial charge in [0.1, 0.15) is 11.5 Å². The molecule has 70 valence electrons. The van der Waals surface area contributed by atoms with E-state index < -0.39 is 5.82 Å². The molecule has 0 bridgehead atoms. The monoisotopic (exact) mass is 190 g/mol. The quantitative estimate of drug-likeness (QED) is 0.735. The van der Waals surface area contributed by atoms with Gasteiger partial charge in [0, 0.05) is 24.2 Å². The van der Waals surface area contributed by atoms with Crippen molar-refractivity contribution >= 4 is 5.95 Å². The van der Waals surface area contributed by atoms with Crippen LogP contribution in [0.3, 0.4) is 0 Å². The van der Waals surface area contributed by atoms with Gasteiger partial charge in [-0.2, -0.15) is 0 Å². The second kappa shape index (κ2) is 3.37. The van der Waals surface area contributed by atoms with E-state index in [1.54, 1.807) is 0 Å². The summed E-state index contributed by atoms with van der Waals surface area (Å²) in [7, 11) is 0. The van der Waals surface area contributed by atoms with Crippen LogP contribution in [-0.2, 0) is 0 Å². The van der Waals surface area contributed by atoms with E-state index in [1.807, 2.05) is 0 Å². The van der Waals surface area contributed by atoms with E-state index in [0.29, 0.717) is 5.56 Å². The van der Waals surface area contributed by atoms with Crippen LogP contribution in [0.4, 0.5) is 10.3 Å². The molecule has 2 aromatic heterocycles. The third-order valence-corrected chi connectivity index (χ3v) is 1.70. The summed E-state index contributed by atoms with van der Waals surface area (Å²) in [5.41, 5.74) is 6.05. The van der Waals surface area contributed by atoms with Gasteiger partial charge < -0.3 is 5.73 Å². The fraction of sp³-hybridized carbons (Fsp3) is 0. The summed E-state index contributed by atoms with van der Waals surface area (Å²) in [4.78, 5) is 11.4. The molecule has 0 fully saturated rings. The number of hydrogen-bond acceptors (Lipinski definition) is 4. The number of rotatable bonds is 1. The highest BCUT2D eigenvalue weighted by atomic mass is 19.1. The van der Waals surface area contributed by atoms with Gasteiger partial charge in [0.15, 0.2) is 0 Å². The molecule has 0 aliphatic carbocycles. The van der Waals surface area contributed by atoms with E-state index in [1.165, 1.54) is 30.7 Å². The van der Waals surface area contributed by atoms with Crippen molar-refractivity contribution in [1.29, 1.82) is 0 Å². The van der Waals surface area contributed by atoms with Gasteiger partial charge in [-0.1, -0.05) is 0 Å². The van der Waals surface area contributed by atoms with Crippen LogP contribution in [0, 0.1) is 5.82 Å². The van der Waals surface area contributed by atoms with Crippen LogP contribution in [0.15, 0.2) is 30.7 Å². The second-order valence-corrected chi connectivity index (χ2v) is 2.66. The van der Waals surface area contributed by atoms with Gasteiger partial charge in [-0.3, -0.25) is 4.98 Å². The van der Waals surface area contributed by atoms with Crippen LogP contribution in [-0.4, -0.2) is 15.0 Å². The average Bonchev–Trinajstić information content (AvgIpc) is 2.20. The number of hydrogen-bond donors (Lipinski definition) is 1. The summed E-state index contributed by atoms with van der Waals surface area (Å²) < 4.78 is 13.2. The summed E-state index contributed by atoms with van der Waals surface area (Å²) >= 11 is 0. The lowest BCUT2D eigenvalue weighted by Crippen LogP contribution is -1.95. The van der Waals surface area contributed by atoms with Gasteiger partial charge in [0.05, 0.1) is 0 Å². The first-order chi connectivity index (χ1) is 6.77. The molecule has 0 amide bonds. The molecule has 2 heterocycles. The number of aromatic nitrogens is 3. The third kappa shape index (κ3) is 1.52. The Hall–Kier alpha value is -2.04. The first-order valence-corrected chi connectivity index (χ1v) is 3.96. The van der Waals surface area contributed by atoms with Gasteiger partial charge in [-0.25, -0.2) is 14.4 Å². The zero-order chi connectivity index (χ0) is 9.97. The highest BCUT2D eigenvalue weighted by Crippen LogP contribution is 2.17. The Kier molecular flexibility index (Phi) is 2.06. The van der Waals surface area contributed by atoms with Crippen molar-refractivity contribution in [3.63, 3.8) is 0 Å². The SMILES string of the molecule is Nc1ncc(-c2ncccc2F)cn1. The lowest BCUT2D eigenvalue weighted by Gasteiger charge is -2.00. The molecule has 0 radical (unpaired) electrons. The molecule has 0 aromatic carbocycles. The molecule has 0 unspecified atom stereocenters. The fourth-order valence-electron chi connectivity index (χ4n) is 1.06. The van der Waals surface area contributed by atoms with Crippen molar-refractivity contribution in [1.82, 2.24) is 15.0 Å². The normalized spacial score (nSPS) is 10.1. The van der Waals surface area contributed by atoms with Crippen molar-refractivity contribution in [2.75, 3.05) is 5.73 Å². The molecule has 2 rings (SSSR count). The van der Waals surface area contributed by atoms with Crippen LogP contribution in [0.25, 0.3) is 11.3 Å². The van der Waals surface area contributed by atoms with Crippen LogP contribution < -0.4 is 5.73 Å². The standard InChI is InChI=1S/C9H7FN4/c10-7-2-1-3-12-8(7)6-4-13-9(11)14-5-6/h1-5H,(H2,11,13,14). The zero-order valence-corrected chi connectivity index (χ0v) is 7.18. The molecule has 0 atom stereocenters. The van der Waals surface area contributed by atoms with E-state index in [0.717, 1.165) is 0 Å². The summed E-state index contributed by atoms with van der Waals surface area (Å²) in [5.74, 6) is -0.244. The molecule has 0 saturated carbocycles. The number of nitrogens with two attached hydrogens (primary N) is 1. The highest BCUT2D eigenvalue weighted by molar-refractivity contribution is 5.57. The Labute approximate surface area is 79.7 Å². The zero-order valence-electron chi connectivity index (χ0n) is 7.18. The molecule has 2 N–H and O–H groups in total. The first-order valence-electron chi connectivity index (χ1n) is 3.96. The highest BCUT2D eigenvalue weighted by Gasteiger charge is 2.05. The maximum atomic E-state index is 13.2. The van der Waals surface area contributed by atoms with Crippen LogP contribution in [0.5, 0.6) is 0 Å². The number of pyridine rings is 1. The van der Waals surface area contributed by atoms with Gasteiger partial charge in [-0.05, 0) is 12.1 Å². The van der Waals surface area contributed by atoms with Gasteiger partial charge in [0.2, 0.25) is 5.95 Å². The molecule has 2 aromatic rings. The molecular weight excluding hydrogens is 183 g/mol. The predicted octanol–water partition coefficient (Wildman–Crippen LogP) is 1.26. The van der Waals surface area contributed by atoms with E-state index in [4.69, 9.17) is 5.73 Å². The van der Waals surface area contributed by atoms with E-state index in [9.17, 15) is 4.39 Å². The number of nitrogen functional groups attached to an aromatic ring is 1. The molecule has 14 heavy (non-hydrogen) atoms. The summed E-state index contributed by atoms with van der Waals surface area (Å²) in [5, 5.41) is 0. The van der Waals surface area contributed by atoms with Gasteiger partial charge in [0.25, 0.3) is 0 Å². The van der Waals surface area contributed by atoms with Crippen LogP contribution in [0.2, 0.25) is 0 Å². The number of nitrogens with zero attached hydrogens (tertiary/aromatic N) is 3. The minimum Gasteiger partial charge on any atom is -0.368 e. The molecule has 4 nitrogen and oxygen atoms in total. The number of halogens is 1. The van der Waals surface area contributed by atoms with Crippen LogP contribution in [0.1, 0.15) is 0 Å². The Morgan fingerprint density at radius 3 is 2.50 bits per heavy atom. The largest absolute Gasteiger partial charge is 0.368 e. The predicted molar refractivity (Wildman–Crippen MR) is 49.6 cm³/mol. The molecule has 0 saturated heterocycles. The Bertz CT molecular complexity index is 441. The van der Waals surface area contributed by atoms with E-state index in [2.05, 4.69) is 15.0 Å². The van der Waals surface area contributed by atoms with Crippen molar-refractivity contribution in [3.8, 4) is 11.3 Å². The van der Waals surface area contributed by atoms with Crippen LogP contribution >= 0.6 is 0 Å². The average molecular weight is 190 g/mol. The minimum atomic E-state index is -0.402. The van der Waals surface area contributed by atoms with Crippen molar-refractivity contribution in [2.24, 2.45) is 0 Å². The lowest BCUT2D eigenvalue weighted by molar-refractivity contribution is 0.625. The smallest absolute Gasteiger partial charge is 0.219 e. The molecule has 0 aliphatic rings. The van der Waals surface area contributed by atoms with E-state index >= 15 is 0 Å². The van der Waals surface area contributed by atoms with Gasteiger partial charge >= 0.3 is 0 Å². The lowest BCUT2D eigenvalue weighted by atomic mass is 10.2. The first kappa shape index (κ1) is 8.55. The fourth-order valence-corrected chi connectivity index (χ4v) is 1.06. The maximum Gasteiger partial charge on any atom is 0.219 e. The molecular formula is C9H7FN4.